The molecular formula is C12H18N2O2S. The molecule has 2 rings (SSSR count). The van der Waals surface area contributed by atoms with Gasteiger partial charge in [0.1, 0.15) is 5.01 Å². The first-order chi connectivity index (χ1) is 8.31. The van der Waals surface area contributed by atoms with E-state index in [-0.39, 0.29) is 5.97 Å². The van der Waals surface area contributed by atoms with E-state index in [9.17, 15) is 4.79 Å². The molecule has 4 nitrogen and oxygen atoms in total. The van der Waals surface area contributed by atoms with E-state index in [1.807, 2.05) is 12.3 Å². The Labute approximate surface area is 105 Å². The van der Waals surface area contributed by atoms with E-state index in [2.05, 4.69) is 10.3 Å². The quantitative estimate of drug-likeness (QED) is 0.819. The first-order valence-corrected chi connectivity index (χ1v) is 7.01. The summed E-state index contributed by atoms with van der Waals surface area (Å²) in [4.78, 5) is 16.1. The maximum Gasteiger partial charge on any atom is 0.330 e. The summed E-state index contributed by atoms with van der Waals surface area (Å²) in [5.41, 5.74) is 0. The van der Waals surface area contributed by atoms with Gasteiger partial charge >= 0.3 is 5.97 Å². The third-order valence-electron chi connectivity index (χ3n) is 2.98. The van der Waals surface area contributed by atoms with E-state index in [1.54, 1.807) is 6.20 Å². The molecular weight excluding hydrogens is 236 g/mol. The van der Waals surface area contributed by atoms with Crippen molar-refractivity contribution in [1.82, 2.24) is 10.3 Å². The second-order valence-electron chi connectivity index (χ2n) is 4.20. The lowest BCUT2D eigenvalue weighted by Gasteiger charge is -2.19. The summed E-state index contributed by atoms with van der Waals surface area (Å²) < 4.78 is 5.10. The van der Waals surface area contributed by atoms with Crippen LogP contribution in [0.5, 0.6) is 0 Å². The lowest BCUT2D eigenvalue weighted by molar-refractivity contribution is -0.146. The third-order valence-corrected chi connectivity index (χ3v) is 3.82. The maximum absolute atomic E-state index is 11.9. The number of carbonyl (C=O) groups is 1. The zero-order valence-electron chi connectivity index (χ0n) is 10.0. The summed E-state index contributed by atoms with van der Waals surface area (Å²) in [6.45, 7) is 2.24. The Morgan fingerprint density at radius 1 is 1.65 bits per heavy atom. The van der Waals surface area contributed by atoms with Crippen LogP contribution in [-0.4, -0.2) is 23.6 Å². The number of thiazole rings is 1. The first kappa shape index (κ1) is 12.5. The average molecular weight is 254 g/mol. The topological polar surface area (TPSA) is 51.2 Å². The van der Waals surface area contributed by atoms with Crippen LogP contribution >= 0.6 is 11.3 Å². The van der Waals surface area contributed by atoms with Gasteiger partial charge in [0.15, 0.2) is 6.04 Å². The zero-order chi connectivity index (χ0) is 12.1. The minimum absolute atomic E-state index is 0.214. The fourth-order valence-electron chi connectivity index (χ4n) is 2.17. The summed E-state index contributed by atoms with van der Waals surface area (Å²) in [6, 6.07) is 0.0337. The van der Waals surface area contributed by atoms with Gasteiger partial charge in [-0.1, -0.05) is 12.8 Å². The molecule has 94 valence electrons. The summed E-state index contributed by atoms with van der Waals surface area (Å²) in [6.07, 6.45) is 6.49. The Hall–Kier alpha value is -0.940. The number of hydrogen-bond acceptors (Lipinski definition) is 5. The van der Waals surface area contributed by atoms with Crippen molar-refractivity contribution < 1.29 is 9.53 Å². The Morgan fingerprint density at radius 2 is 2.41 bits per heavy atom. The number of aromatic nitrogens is 1. The highest BCUT2D eigenvalue weighted by atomic mass is 32.1. The molecule has 1 heterocycles. The van der Waals surface area contributed by atoms with Crippen molar-refractivity contribution in [1.29, 1.82) is 0 Å². The smallest absolute Gasteiger partial charge is 0.330 e. The highest BCUT2D eigenvalue weighted by Gasteiger charge is 2.28. The average Bonchev–Trinajstić information content (AvgIpc) is 2.99. The Kier molecular flexibility index (Phi) is 4.50. The molecule has 1 aliphatic rings. The molecule has 1 aliphatic carbocycles. The van der Waals surface area contributed by atoms with Crippen LogP contribution in [0.3, 0.4) is 0 Å². The summed E-state index contributed by atoms with van der Waals surface area (Å²) in [5, 5.41) is 6.06. The fourth-order valence-corrected chi connectivity index (χ4v) is 2.85. The number of nitrogens with one attached hydrogen (secondary N) is 1. The van der Waals surface area contributed by atoms with Crippen LogP contribution < -0.4 is 5.32 Å². The van der Waals surface area contributed by atoms with Crippen LogP contribution in [0.1, 0.15) is 43.7 Å². The van der Waals surface area contributed by atoms with Gasteiger partial charge in [-0.05, 0) is 19.8 Å². The Bertz CT molecular complexity index is 347. The van der Waals surface area contributed by atoms with Gasteiger partial charge in [0.05, 0.1) is 6.61 Å². The van der Waals surface area contributed by atoms with Crippen molar-refractivity contribution in [2.24, 2.45) is 0 Å². The largest absolute Gasteiger partial charge is 0.465 e. The normalized spacial score (nSPS) is 18.2. The van der Waals surface area contributed by atoms with Gasteiger partial charge < -0.3 is 4.74 Å². The predicted octanol–water partition coefficient (Wildman–Crippen LogP) is 2.28. The molecule has 0 radical (unpaired) electrons. The summed E-state index contributed by atoms with van der Waals surface area (Å²) >= 11 is 1.49. The minimum atomic E-state index is -0.391. The van der Waals surface area contributed by atoms with Gasteiger partial charge in [-0.2, -0.15) is 0 Å². The lowest BCUT2D eigenvalue weighted by Crippen LogP contribution is -2.36. The van der Waals surface area contributed by atoms with Gasteiger partial charge in [-0.15, -0.1) is 11.3 Å². The molecule has 0 aliphatic heterocycles. The van der Waals surface area contributed by atoms with Crippen LogP contribution in [0.4, 0.5) is 0 Å². The van der Waals surface area contributed by atoms with Gasteiger partial charge in [0.2, 0.25) is 0 Å². The number of esters is 1. The van der Waals surface area contributed by atoms with Crippen molar-refractivity contribution >= 4 is 17.3 Å². The number of hydrogen-bond donors (Lipinski definition) is 1. The summed E-state index contributed by atoms with van der Waals surface area (Å²) in [7, 11) is 0. The second-order valence-corrected chi connectivity index (χ2v) is 5.13. The van der Waals surface area contributed by atoms with Crippen molar-refractivity contribution in [3.05, 3.63) is 16.6 Å². The number of rotatable bonds is 5. The van der Waals surface area contributed by atoms with E-state index in [0.29, 0.717) is 12.6 Å². The monoisotopic (exact) mass is 254 g/mol. The van der Waals surface area contributed by atoms with Crippen molar-refractivity contribution in [2.45, 2.75) is 44.7 Å². The second kappa shape index (κ2) is 6.12. The maximum atomic E-state index is 11.9. The molecule has 1 atom stereocenters. The molecule has 1 unspecified atom stereocenters. The molecule has 1 N–H and O–H groups in total. The standard InChI is InChI=1S/C12H18N2O2S/c1-2-16-12(15)10(11-13-7-8-17-11)14-9-5-3-4-6-9/h7-10,14H,2-6H2,1H3. The van der Waals surface area contributed by atoms with Gasteiger partial charge in [-0.25, -0.2) is 9.78 Å². The van der Waals surface area contributed by atoms with Gasteiger partial charge in [-0.3, -0.25) is 5.32 Å². The zero-order valence-corrected chi connectivity index (χ0v) is 10.8. The van der Waals surface area contributed by atoms with Gasteiger partial charge in [0, 0.05) is 17.6 Å². The van der Waals surface area contributed by atoms with Crippen molar-refractivity contribution in [2.75, 3.05) is 6.61 Å². The Balaban J connectivity index is 2.03. The van der Waals surface area contributed by atoms with E-state index in [0.717, 1.165) is 17.8 Å². The molecule has 5 heteroatoms. The highest BCUT2D eigenvalue weighted by molar-refractivity contribution is 7.09. The van der Waals surface area contributed by atoms with Crippen LogP contribution in [0.25, 0.3) is 0 Å². The van der Waals surface area contributed by atoms with Crippen molar-refractivity contribution in [3.8, 4) is 0 Å². The number of nitrogens with zero attached hydrogens (tertiary/aromatic N) is 1. The molecule has 0 aromatic carbocycles. The molecule has 0 spiro atoms. The SMILES string of the molecule is CCOC(=O)C(NC1CCCC1)c1nccs1. The van der Waals surface area contributed by atoms with Crippen LogP contribution in [0, 0.1) is 0 Å². The van der Waals surface area contributed by atoms with Crippen molar-refractivity contribution in [3.63, 3.8) is 0 Å². The van der Waals surface area contributed by atoms with E-state index < -0.39 is 6.04 Å². The molecule has 1 fully saturated rings. The van der Waals surface area contributed by atoms with E-state index in [1.165, 1.54) is 24.2 Å². The third kappa shape index (κ3) is 3.26. The molecule has 0 amide bonds. The Morgan fingerprint density at radius 3 is 3.00 bits per heavy atom. The first-order valence-electron chi connectivity index (χ1n) is 6.13. The lowest BCUT2D eigenvalue weighted by atomic mass is 10.2. The number of carbonyl (C=O) groups excluding carboxylic acids is 1. The van der Waals surface area contributed by atoms with E-state index >= 15 is 0 Å². The molecule has 0 saturated heterocycles. The number of ether oxygens (including phenoxy) is 1. The van der Waals surface area contributed by atoms with Crippen LogP contribution in [0.15, 0.2) is 11.6 Å². The van der Waals surface area contributed by atoms with E-state index in [4.69, 9.17) is 4.74 Å². The fraction of sp³-hybridized carbons (Fsp3) is 0.667. The molecule has 1 saturated carbocycles. The predicted molar refractivity (Wildman–Crippen MR) is 66.9 cm³/mol. The molecule has 17 heavy (non-hydrogen) atoms. The minimum Gasteiger partial charge on any atom is -0.465 e. The molecule has 0 bridgehead atoms. The molecule has 1 aromatic heterocycles. The highest BCUT2D eigenvalue weighted by Crippen LogP contribution is 2.24. The summed E-state index contributed by atoms with van der Waals surface area (Å²) in [5.74, 6) is -0.214. The molecule has 1 aromatic rings. The van der Waals surface area contributed by atoms with Crippen LogP contribution in [0.2, 0.25) is 0 Å². The van der Waals surface area contributed by atoms with Gasteiger partial charge in [0.25, 0.3) is 0 Å². The van der Waals surface area contributed by atoms with Crippen LogP contribution in [-0.2, 0) is 9.53 Å².